The Morgan fingerprint density at radius 1 is 1.43 bits per heavy atom. The Kier molecular flexibility index (Phi) is 2.16. The highest BCUT2D eigenvalue weighted by Gasteiger charge is 2.40. The summed E-state index contributed by atoms with van der Waals surface area (Å²) in [6.45, 7) is 0. The summed E-state index contributed by atoms with van der Waals surface area (Å²) in [5.41, 5.74) is -0.213. The number of hydrogen-bond donors (Lipinski definition) is 2. The highest BCUT2D eigenvalue weighted by atomic mass is 35.5. The molecule has 1 aliphatic carbocycles. The third-order valence-corrected chi connectivity index (χ3v) is 2.76. The summed E-state index contributed by atoms with van der Waals surface area (Å²) in [5, 5.41) is 19.0. The van der Waals surface area contributed by atoms with Crippen LogP contribution in [-0.2, 0) is 6.42 Å². The van der Waals surface area contributed by atoms with E-state index in [4.69, 9.17) is 11.6 Å². The Labute approximate surface area is 85.9 Å². The van der Waals surface area contributed by atoms with Crippen molar-refractivity contribution in [3.8, 4) is 5.75 Å². The molecule has 0 atom stereocenters. The molecule has 2 rings (SSSR count). The zero-order valence-corrected chi connectivity index (χ0v) is 8.18. The Morgan fingerprint density at radius 3 is 2.64 bits per heavy atom. The van der Waals surface area contributed by atoms with E-state index < -0.39 is 11.4 Å². The van der Waals surface area contributed by atoms with Crippen LogP contribution < -0.4 is 0 Å². The number of hydrogen-bond acceptors (Lipinski definition) is 2. The van der Waals surface area contributed by atoms with Gasteiger partial charge in [-0.1, -0.05) is 11.6 Å². The molecule has 0 amide bonds. The standard InChI is InChI=1S/C10H10ClFO2/c11-7-3-6(5-10(14)1-2-10)9(13)4-8(7)12/h3-4,13-14H,1-2,5H2. The van der Waals surface area contributed by atoms with Crippen molar-refractivity contribution in [1.82, 2.24) is 0 Å². The van der Waals surface area contributed by atoms with Gasteiger partial charge in [0.15, 0.2) is 0 Å². The maximum absolute atomic E-state index is 12.9. The van der Waals surface area contributed by atoms with Gasteiger partial charge in [0.05, 0.1) is 10.6 Å². The topological polar surface area (TPSA) is 40.5 Å². The molecule has 2 N–H and O–H groups in total. The fourth-order valence-corrected chi connectivity index (χ4v) is 1.58. The maximum Gasteiger partial charge on any atom is 0.145 e. The molecule has 1 fully saturated rings. The van der Waals surface area contributed by atoms with Gasteiger partial charge in [0.1, 0.15) is 11.6 Å². The summed E-state index contributed by atoms with van der Waals surface area (Å²) in [4.78, 5) is 0. The number of phenolic OH excluding ortho intramolecular Hbond substituents is 1. The first-order valence-electron chi connectivity index (χ1n) is 4.39. The normalized spacial score (nSPS) is 18.2. The molecule has 0 unspecified atom stereocenters. The Morgan fingerprint density at radius 2 is 2.07 bits per heavy atom. The molecule has 76 valence electrons. The van der Waals surface area contributed by atoms with E-state index in [0.29, 0.717) is 12.0 Å². The van der Waals surface area contributed by atoms with Crippen LogP contribution in [0.1, 0.15) is 18.4 Å². The smallest absolute Gasteiger partial charge is 0.145 e. The van der Waals surface area contributed by atoms with Crippen molar-refractivity contribution < 1.29 is 14.6 Å². The van der Waals surface area contributed by atoms with Crippen LogP contribution in [0.3, 0.4) is 0 Å². The maximum atomic E-state index is 12.9. The zero-order chi connectivity index (χ0) is 10.3. The van der Waals surface area contributed by atoms with Gasteiger partial charge >= 0.3 is 0 Å². The lowest BCUT2D eigenvalue weighted by Gasteiger charge is -2.09. The molecule has 1 aliphatic rings. The molecule has 1 aromatic carbocycles. The van der Waals surface area contributed by atoms with Gasteiger partial charge in [0, 0.05) is 12.5 Å². The van der Waals surface area contributed by atoms with Crippen LogP contribution in [0, 0.1) is 5.82 Å². The van der Waals surface area contributed by atoms with Gasteiger partial charge in [-0.3, -0.25) is 0 Å². The van der Waals surface area contributed by atoms with Crippen molar-refractivity contribution in [1.29, 1.82) is 0 Å². The molecule has 1 saturated carbocycles. The first kappa shape index (κ1) is 9.74. The molecule has 1 aromatic rings. The number of aromatic hydroxyl groups is 1. The first-order chi connectivity index (χ1) is 6.50. The minimum Gasteiger partial charge on any atom is -0.508 e. The summed E-state index contributed by atoms with van der Waals surface area (Å²) < 4.78 is 12.9. The van der Waals surface area contributed by atoms with E-state index in [0.717, 1.165) is 18.9 Å². The van der Waals surface area contributed by atoms with E-state index in [2.05, 4.69) is 0 Å². The van der Waals surface area contributed by atoms with Crippen LogP contribution in [0.4, 0.5) is 4.39 Å². The lowest BCUT2D eigenvalue weighted by atomic mass is 10.1. The molecule has 14 heavy (non-hydrogen) atoms. The third-order valence-electron chi connectivity index (χ3n) is 2.47. The Bertz CT molecular complexity index is 375. The molecular weight excluding hydrogens is 207 g/mol. The van der Waals surface area contributed by atoms with E-state index in [-0.39, 0.29) is 10.8 Å². The summed E-state index contributed by atoms with van der Waals surface area (Å²) in [7, 11) is 0. The van der Waals surface area contributed by atoms with E-state index in [9.17, 15) is 14.6 Å². The predicted octanol–water partition coefficient (Wildman–Crippen LogP) is 2.25. The second-order valence-corrected chi connectivity index (χ2v) is 4.20. The van der Waals surface area contributed by atoms with Gasteiger partial charge in [-0.15, -0.1) is 0 Å². The second kappa shape index (κ2) is 3.11. The average Bonchev–Trinajstić information content (AvgIpc) is 2.80. The quantitative estimate of drug-likeness (QED) is 0.796. The average molecular weight is 217 g/mol. The van der Waals surface area contributed by atoms with Crippen LogP contribution in [-0.4, -0.2) is 15.8 Å². The zero-order valence-electron chi connectivity index (χ0n) is 7.43. The van der Waals surface area contributed by atoms with Gasteiger partial charge in [0.25, 0.3) is 0 Å². The predicted molar refractivity (Wildman–Crippen MR) is 51.0 cm³/mol. The highest BCUT2D eigenvalue weighted by Crippen LogP contribution is 2.40. The van der Waals surface area contributed by atoms with Crippen LogP contribution in [0.15, 0.2) is 12.1 Å². The van der Waals surface area contributed by atoms with Gasteiger partial charge in [-0.25, -0.2) is 4.39 Å². The molecule has 4 heteroatoms. The number of halogens is 2. The molecule has 2 nitrogen and oxygen atoms in total. The monoisotopic (exact) mass is 216 g/mol. The van der Waals surface area contributed by atoms with E-state index in [1.54, 1.807) is 0 Å². The number of rotatable bonds is 2. The van der Waals surface area contributed by atoms with Crippen molar-refractivity contribution in [3.05, 3.63) is 28.5 Å². The van der Waals surface area contributed by atoms with E-state index in [1.807, 2.05) is 0 Å². The Hall–Kier alpha value is -0.800. The molecule has 0 aromatic heterocycles. The molecule has 0 heterocycles. The Balaban J connectivity index is 2.29. The summed E-state index contributed by atoms with van der Waals surface area (Å²) in [6.07, 6.45) is 1.78. The molecule has 0 aliphatic heterocycles. The third kappa shape index (κ3) is 1.83. The second-order valence-electron chi connectivity index (χ2n) is 3.80. The largest absolute Gasteiger partial charge is 0.508 e. The lowest BCUT2D eigenvalue weighted by molar-refractivity contribution is 0.150. The van der Waals surface area contributed by atoms with E-state index >= 15 is 0 Å². The summed E-state index contributed by atoms with van der Waals surface area (Å²) in [5.74, 6) is -0.789. The molecular formula is C10H10ClFO2. The molecule has 0 radical (unpaired) electrons. The summed E-state index contributed by atoms with van der Waals surface area (Å²) >= 11 is 5.57. The van der Waals surface area contributed by atoms with Crippen LogP contribution in [0.25, 0.3) is 0 Å². The van der Waals surface area contributed by atoms with Crippen molar-refractivity contribution in [3.63, 3.8) is 0 Å². The van der Waals surface area contributed by atoms with Gasteiger partial charge in [-0.05, 0) is 24.5 Å². The molecule has 0 saturated heterocycles. The minimum atomic E-state index is -0.710. The summed E-state index contributed by atoms with van der Waals surface area (Å²) in [6, 6.07) is 2.34. The SMILES string of the molecule is Oc1cc(F)c(Cl)cc1CC1(O)CC1. The van der Waals surface area contributed by atoms with Crippen molar-refractivity contribution >= 4 is 11.6 Å². The minimum absolute atomic E-state index is 0.0259. The number of phenols is 1. The number of benzene rings is 1. The van der Waals surface area contributed by atoms with Crippen molar-refractivity contribution in [2.45, 2.75) is 24.9 Å². The highest BCUT2D eigenvalue weighted by molar-refractivity contribution is 6.30. The van der Waals surface area contributed by atoms with Crippen molar-refractivity contribution in [2.24, 2.45) is 0 Å². The first-order valence-corrected chi connectivity index (χ1v) is 4.77. The fourth-order valence-electron chi connectivity index (χ4n) is 1.39. The van der Waals surface area contributed by atoms with Crippen molar-refractivity contribution in [2.75, 3.05) is 0 Å². The van der Waals surface area contributed by atoms with Crippen LogP contribution >= 0.6 is 11.6 Å². The van der Waals surface area contributed by atoms with Crippen LogP contribution in [0.2, 0.25) is 5.02 Å². The number of aliphatic hydroxyl groups is 1. The van der Waals surface area contributed by atoms with E-state index in [1.165, 1.54) is 6.07 Å². The fraction of sp³-hybridized carbons (Fsp3) is 0.400. The van der Waals surface area contributed by atoms with Crippen LogP contribution in [0.5, 0.6) is 5.75 Å². The molecule has 0 spiro atoms. The lowest BCUT2D eigenvalue weighted by Crippen LogP contribution is -2.10. The van der Waals surface area contributed by atoms with Gasteiger partial charge in [-0.2, -0.15) is 0 Å². The van der Waals surface area contributed by atoms with Gasteiger partial charge in [0.2, 0.25) is 0 Å². The van der Waals surface area contributed by atoms with Gasteiger partial charge < -0.3 is 10.2 Å². The molecule has 0 bridgehead atoms.